The first kappa shape index (κ1) is 24.4. The van der Waals surface area contributed by atoms with Crippen LogP contribution in [0.3, 0.4) is 0 Å². The number of nitrogens with one attached hydrogen (secondary N) is 1. The maximum absolute atomic E-state index is 12.6. The highest BCUT2D eigenvalue weighted by Gasteiger charge is 2.26. The van der Waals surface area contributed by atoms with Crippen LogP contribution in [-0.2, 0) is 16.0 Å². The standard InChI is InChI=1S/C25H35ClN2O2/c1-6-28(5)19(2)24(21-10-8-7-9-11-21)30-23(29)16-17-27-25(3,4)18-20-12-14-22(26)15-13-20/h7-15,19,24,27H,6,16-18H2,1-5H3. The molecule has 2 atom stereocenters. The normalized spacial score (nSPS) is 13.8. The number of esters is 1. The van der Waals surface area contributed by atoms with Gasteiger partial charge in [-0.3, -0.25) is 9.69 Å². The average molecular weight is 431 g/mol. The van der Waals surface area contributed by atoms with Crippen LogP contribution in [0.2, 0.25) is 5.02 Å². The highest BCUT2D eigenvalue weighted by atomic mass is 35.5. The third kappa shape index (κ3) is 7.75. The fraction of sp³-hybridized carbons (Fsp3) is 0.480. The molecule has 0 saturated carbocycles. The summed E-state index contributed by atoms with van der Waals surface area (Å²) in [5.74, 6) is -0.185. The molecule has 0 fully saturated rings. The number of likely N-dealkylation sites (N-methyl/N-ethyl adjacent to an activating group) is 1. The third-order valence-corrected chi connectivity index (χ3v) is 5.76. The van der Waals surface area contributed by atoms with Gasteiger partial charge in [0.2, 0.25) is 0 Å². The highest BCUT2D eigenvalue weighted by Crippen LogP contribution is 2.25. The topological polar surface area (TPSA) is 41.6 Å². The van der Waals surface area contributed by atoms with Gasteiger partial charge in [-0.1, -0.05) is 61.0 Å². The molecule has 2 aromatic carbocycles. The molecule has 0 radical (unpaired) electrons. The maximum atomic E-state index is 12.6. The number of benzene rings is 2. The molecule has 0 aliphatic heterocycles. The lowest BCUT2D eigenvalue weighted by Crippen LogP contribution is -2.42. The van der Waals surface area contributed by atoms with E-state index in [2.05, 4.69) is 45.0 Å². The Kier molecular flexibility index (Phi) is 9.35. The molecule has 0 aliphatic rings. The molecule has 0 saturated heterocycles. The van der Waals surface area contributed by atoms with E-state index in [0.29, 0.717) is 13.0 Å². The third-order valence-electron chi connectivity index (χ3n) is 5.51. The van der Waals surface area contributed by atoms with Crippen molar-refractivity contribution in [3.8, 4) is 0 Å². The van der Waals surface area contributed by atoms with Gasteiger partial charge in [0.25, 0.3) is 0 Å². The molecule has 0 heterocycles. The average Bonchev–Trinajstić information content (AvgIpc) is 2.73. The fourth-order valence-electron chi connectivity index (χ4n) is 3.49. The second kappa shape index (κ2) is 11.5. The Bertz CT molecular complexity index is 777. The molecule has 4 nitrogen and oxygen atoms in total. The molecule has 164 valence electrons. The Balaban J connectivity index is 1.91. The van der Waals surface area contributed by atoms with Gasteiger partial charge in [0.15, 0.2) is 0 Å². The van der Waals surface area contributed by atoms with Gasteiger partial charge in [-0.2, -0.15) is 0 Å². The quantitative estimate of drug-likeness (QED) is 0.493. The second-order valence-corrected chi connectivity index (χ2v) is 8.94. The van der Waals surface area contributed by atoms with Gasteiger partial charge in [0.1, 0.15) is 6.10 Å². The largest absolute Gasteiger partial charge is 0.456 e. The summed E-state index contributed by atoms with van der Waals surface area (Å²) in [7, 11) is 2.05. The van der Waals surface area contributed by atoms with Crippen LogP contribution in [-0.4, -0.2) is 42.6 Å². The van der Waals surface area contributed by atoms with Crippen molar-refractivity contribution >= 4 is 17.6 Å². The Hall–Kier alpha value is -1.88. The van der Waals surface area contributed by atoms with Crippen LogP contribution in [0.15, 0.2) is 54.6 Å². The van der Waals surface area contributed by atoms with Crippen LogP contribution in [0.25, 0.3) is 0 Å². The minimum Gasteiger partial charge on any atom is -0.456 e. The zero-order valence-corrected chi connectivity index (χ0v) is 19.6. The van der Waals surface area contributed by atoms with E-state index in [1.807, 2.05) is 54.6 Å². The zero-order valence-electron chi connectivity index (χ0n) is 18.8. The van der Waals surface area contributed by atoms with Gasteiger partial charge in [-0.05, 0) is 64.0 Å². The SMILES string of the molecule is CCN(C)C(C)C(OC(=O)CCNC(C)(C)Cc1ccc(Cl)cc1)c1ccccc1. The Morgan fingerprint density at radius 2 is 1.77 bits per heavy atom. The molecule has 30 heavy (non-hydrogen) atoms. The summed E-state index contributed by atoms with van der Waals surface area (Å²) in [5.41, 5.74) is 2.09. The molecular weight excluding hydrogens is 396 g/mol. The molecule has 0 aromatic heterocycles. The predicted octanol–water partition coefficient (Wildman–Crippen LogP) is 5.27. The van der Waals surface area contributed by atoms with E-state index in [4.69, 9.17) is 16.3 Å². The van der Waals surface area contributed by atoms with Crippen molar-refractivity contribution in [1.29, 1.82) is 0 Å². The van der Waals surface area contributed by atoms with E-state index in [1.165, 1.54) is 5.56 Å². The van der Waals surface area contributed by atoms with E-state index in [0.717, 1.165) is 23.6 Å². The van der Waals surface area contributed by atoms with Crippen LogP contribution < -0.4 is 5.32 Å². The summed E-state index contributed by atoms with van der Waals surface area (Å²) in [6, 6.07) is 18.0. The fourth-order valence-corrected chi connectivity index (χ4v) is 3.61. The molecule has 0 amide bonds. The van der Waals surface area contributed by atoms with Crippen LogP contribution >= 0.6 is 11.6 Å². The number of halogens is 1. The van der Waals surface area contributed by atoms with Crippen molar-refractivity contribution in [1.82, 2.24) is 10.2 Å². The predicted molar refractivity (Wildman–Crippen MR) is 125 cm³/mol. The Morgan fingerprint density at radius 3 is 2.37 bits per heavy atom. The minimum atomic E-state index is -0.286. The lowest BCUT2D eigenvalue weighted by molar-refractivity contribution is -0.152. The van der Waals surface area contributed by atoms with Crippen molar-refractivity contribution in [3.05, 3.63) is 70.7 Å². The Morgan fingerprint density at radius 1 is 1.13 bits per heavy atom. The molecule has 0 bridgehead atoms. The highest BCUT2D eigenvalue weighted by molar-refractivity contribution is 6.30. The smallest absolute Gasteiger partial charge is 0.307 e. The van der Waals surface area contributed by atoms with Gasteiger partial charge in [-0.25, -0.2) is 0 Å². The van der Waals surface area contributed by atoms with Gasteiger partial charge in [-0.15, -0.1) is 0 Å². The summed E-state index contributed by atoms with van der Waals surface area (Å²) in [6.45, 7) is 9.94. The Labute approximate surface area is 186 Å². The lowest BCUT2D eigenvalue weighted by atomic mass is 9.95. The van der Waals surface area contributed by atoms with E-state index in [1.54, 1.807) is 0 Å². The van der Waals surface area contributed by atoms with Crippen LogP contribution in [0.1, 0.15) is 51.3 Å². The summed E-state index contributed by atoms with van der Waals surface area (Å²) in [5, 5.41) is 4.22. The van der Waals surface area contributed by atoms with Crippen LogP contribution in [0, 0.1) is 0 Å². The molecule has 5 heteroatoms. The maximum Gasteiger partial charge on any atom is 0.307 e. The van der Waals surface area contributed by atoms with E-state index in [9.17, 15) is 4.79 Å². The molecule has 2 rings (SSSR count). The summed E-state index contributed by atoms with van der Waals surface area (Å²) >= 11 is 5.97. The van der Waals surface area contributed by atoms with Crippen molar-refractivity contribution in [3.63, 3.8) is 0 Å². The van der Waals surface area contributed by atoms with Crippen molar-refractivity contribution in [2.45, 2.75) is 58.2 Å². The first-order valence-corrected chi connectivity index (χ1v) is 11.0. The van der Waals surface area contributed by atoms with E-state index < -0.39 is 0 Å². The molecule has 1 N–H and O–H groups in total. The first-order chi connectivity index (χ1) is 14.2. The molecule has 0 spiro atoms. The summed E-state index contributed by atoms with van der Waals surface area (Å²) in [6.07, 6.45) is 0.894. The van der Waals surface area contributed by atoms with Crippen LogP contribution in [0.4, 0.5) is 0 Å². The lowest BCUT2D eigenvalue weighted by Gasteiger charge is -2.31. The van der Waals surface area contributed by atoms with Crippen molar-refractivity contribution in [2.24, 2.45) is 0 Å². The number of carbonyl (C=O) groups excluding carboxylic acids is 1. The van der Waals surface area contributed by atoms with Gasteiger partial charge in [0.05, 0.1) is 6.42 Å². The van der Waals surface area contributed by atoms with Gasteiger partial charge >= 0.3 is 5.97 Å². The van der Waals surface area contributed by atoms with Crippen molar-refractivity contribution in [2.75, 3.05) is 20.1 Å². The van der Waals surface area contributed by atoms with Crippen molar-refractivity contribution < 1.29 is 9.53 Å². The second-order valence-electron chi connectivity index (χ2n) is 8.50. The minimum absolute atomic E-state index is 0.0932. The number of carbonyl (C=O) groups is 1. The summed E-state index contributed by atoms with van der Waals surface area (Å²) < 4.78 is 5.93. The number of hydrogen-bond acceptors (Lipinski definition) is 4. The number of rotatable bonds is 11. The van der Waals surface area contributed by atoms with Crippen LogP contribution in [0.5, 0.6) is 0 Å². The van der Waals surface area contributed by atoms with Gasteiger partial charge in [0, 0.05) is 23.1 Å². The van der Waals surface area contributed by atoms with Gasteiger partial charge < -0.3 is 10.1 Å². The monoisotopic (exact) mass is 430 g/mol. The molecule has 0 aliphatic carbocycles. The van der Waals surface area contributed by atoms with E-state index in [-0.39, 0.29) is 23.7 Å². The molecule has 2 unspecified atom stereocenters. The first-order valence-electron chi connectivity index (χ1n) is 10.7. The molecular formula is C25H35ClN2O2. The summed E-state index contributed by atoms with van der Waals surface area (Å²) in [4.78, 5) is 14.8. The number of hydrogen-bond donors (Lipinski definition) is 1. The molecule has 2 aromatic rings. The zero-order chi connectivity index (χ0) is 22.1. The number of ether oxygens (including phenoxy) is 1. The van der Waals surface area contributed by atoms with E-state index >= 15 is 0 Å². The number of nitrogens with zero attached hydrogens (tertiary/aromatic N) is 1.